The summed E-state index contributed by atoms with van der Waals surface area (Å²) in [5.41, 5.74) is 4.55. The molecule has 0 spiro atoms. The van der Waals surface area contributed by atoms with Crippen molar-refractivity contribution in [2.24, 2.45) is 0 Å². The van der Waals surface area contributed by atoms with Gasteiger partial charge in [0.2, 0.25) is 0 Å². The molecule has 0 atom stereocenters. The van der Waals surface area contributed by atoms with Crippen molar-refractivity contribution in [3.63, 3.8) is 0 Å². The molecule has 13 heteroatoms. The van der Waals surface area contributed by atoms with E-state index in [0.29, 0.717) is 0 Å². The number of non-ortho nitro benzene ring substituents is 1. The fourth-order valence-electron chi connectivity index (χ4n) is 1.84. The molecular formula is C14H10F3N3O6S. The number of nitrogens with two attached hydrogens (primary N) is 1. The highest BCUT2D eigenvalue weighted by Gasteiger charge is 2.45. The van der Waals surface area contributed by atoms with Gasteiger partial charge >= 0.3 is 12.1 Å². The number of sulfonamides is 1. The van der Waals surface area contributed by atoms with Gasteiger partial charge < -0.3 is 10.6 Å². The van der Waals surface area contributed by atoms with Gasteiger partial charge in [0.1, 0.15) is 0 Å². The molecular weight excluding hydrogens is 395 g/mol. The van der Waals surface area contributed by atoms with Gasteiger partial charge in [-0.15, -0.1) is 0 Å². The predicted octanol–water partition coefficient (Wildman–Crippen LogP) is 2.39. The number of nitrogens with zero attached hydrogens (tertiary/aromatic N) is 2. The molecule has 2 N–H and O–H groups in total. The molecule has 0 aliphatic heterocycles. The maximum absolute atomic E-state index is 12.7. The number of halogens is 3. The van der Waals surface area contributed by atoms with Crippen molar-refractivity contribution in [3.05, 3.63) is 58.6 Å². The van der Waals surface area contributed by atoms with E-state index in [1.165, 1.54) is 12.1 Å². The van der Waals surface area contributed by atoms with Crippen LogP contribution in [-0.2, 0) is 19.7 Å². The zero-order chi connectivity index (χ0) is 20.4. The summed E-state index contributed by atoms with van der Waals surface area (Å²) in [4.78, 5) is 24.4. The number of carbonyl (C=O) groups is 1. The van der Waals surface area contributed by atoms with Crippen LogP contribution in [0.1, 0.15) is 0 Å². The average Bonchev–Trinajstić information content (AvgIpc) is 2.58. The second-order valence-corrected chi connectivity index (χ2v) is 6.71. The molecule has 0 saturated carbocycles. The standard InChI is InChI=1S/C14H10F3N3O6S/c15-14(16,17)13(21)26-20(11-3-1-2-9(18)8-11)27(24,25)12-6-4-10(5-7-12)19(22)23/h1-8H,18H2. The fraction of sp³-hybridized carbons (Fsp3) is 0.0714. The minimum absolute atomic E-state index is 0.0144. The number of nitrogen functional groups attached to an aromatic ring is 1. The van der Waals surface area contributed by atoms with E-state index < -0.39 is 43.4 Å². The number of benzene rings is 2. The van der Waals surface area contributed by atoms with Crippen molar-refractivity contribution < 1.29 is 36.1 Å². The number of hydrogen-bond acceptors (Lipinski definition) is 7. The highest BCUT2D eigenvalue weighted by Crippen LogP contribution is 2.29. The van der Waals surface area contributed by atoms with Gasteiger partial charge in [-0.2, -0.15) is 21.6 Å². The maximum Gasteiger partial charge on any atom is 0.493 e. The molecule has 2 rings (SSSR count). The Morgan fingerprint density at radius 2 is 1.74 bits per heavy atom. The van der Waals surface area contributed by atoms with E-state index in [-0.39, 0.29) is 10.2 Å². The summed E-state index contributed by atoms with van der Waals surface area (Å²) in [6, 6.07) is 7.79. The van der Waals surface area contributed by atoms with Crippen molar-refractivity contribution >= 4 is 33.1 Å². The first-order valence-corrected chi connectivity index (χ1v) is 8.31. The van der Waals surface area contributed by atoms with Crippen LogP contribution in [0.25, 0.3) is 0 Å². The quantitative estimate of drug-likeness (QED) is 0.459. The summed E-state index contributed by atoms with van der Waals surface area (Å²) in [6.45, 7) is 0. The topological polar surface area (TPSA) is 133 Å². The molecule has 27 heavy (non-hydrogen) atoms. The van der Waals surface area contributed by atoms with E-state index in [0.717, 1.165) is 36.4 Å². The van der Waals surface area contributed by atoms with E-state index in [1.807, 2.05) is 0 Å². The minimum atomic E-state index is -5.47. The molecule has 144 valence electrons. The molecule has 9 nitrogen and oxygen atoms in total. The Bertz CT molecular complexity index is 976. The molecule has 0 saturated heterocycles. The Morgan fingerprint density at radius 3 is 2.22 bits per heavy atom. The van der Waals surface area contributed by atoms with E-state index >= 15 is 0 Å². The third kappa shape index (κ3) is 4.44. The van der Waals surface area contributed by atoms with Crippen LogP contribution in [0, 0.1) is 10.1 Å². The molecule has 0 bridgehead atoms. The van der Waals surface area contributed by atoms with Crippen LogP contribution in [0.15, 0.2) is 53.4 Å². The fourth-order valence-corrected chi connectivity index (χ4v) is 3.07. The van der Waals surface area contributed by atoms with Crippen molar-refractivity contribution in [2.75, 3.05) is 10.2 Å². The van der Waals surface area contributed by atoms with E-state index in [1.54, 1.807) is 0 Å². The van der Waals surface area contributed by atoms with Crippen LogP contribution < -0.4 is 10.2 Å². The van der Waals surface area contributed by atoms with Crippen LogP contribution in [0.3, 0.4) is 0 Å². The van der Waals surface area contributed by atoms with Crippen molar-refractivity contribution in [1.29, 1.82) is 0 Å². The number of nitro groups is 1. The molecule has 0 amide bonds. The first-order chi connectivity index (χ1) is 12.4. The van der Waals surface area contributed by atoms with E-state index in [9.17, 15) is 36.5 Å². The van der Waals surface area contributed by atoms with Gasteiger partial charge in [0.05, 0.1) is 15.5 Å². The summed E-state index contributed by atoms with van der Waals surface area (Å²) in [7, 11) is -4.86. The number of carbonyl (C=O) groups excluding carboxylic acids is 1. The Kier molecular flexibility index (Phi) is 5.26. The number of anilines is 2. The molecule has 0 aromatic heterocycles. The lowest BCUT2D eigenvalue weighted by Gasteiger charge is -2.23. The summed E-state index contributed by atoms with van der Waals surface area (Å²) in [6.07, 6.45) is -5.47. The SMILES string of the molecule is Nc1cccc(N(OC(=O)C(F)(F)F)S(=O)(=O)c2ccc([N+](=O)[O-])cc2)c1. The normalized spacial score (nSPS) is 11.7. The molecule has 0 aliphatic rings. The highest BCUT2D eigenvalue weighted by molar-refractivity contribution is 7.92. The van der Waals surface area contributed by atoms with Crippen molar-refractivity contribution in [3.8, 4) is 0 Å². The largest absolute Gasteiger partial charge is 0.493 e. The van der Waals surface area contributed by atoms with Gasteiger partial charge in [-0.05, 0) is 30.3 Å². The average molecular weight is 405 g/mol. The van der Waals surface area contributed by atoms with Gasteiger partial charge in [0.15, 0.2) is 0 Å². The second-order valence-electron chi connectivity index (χ2n) is 4.95. The van der Waals surface area contributed by atoms with Gasteiger partial charge in [-0.3, -0.25) is 10.1 Å². The van der Waals surface area contributed by atoms with E-state index in [2.05, 4.69) is 4.84 Å². The molecule has 2 aromatic carbocycles. The second kappa shape index (κ2) is 7.11. The lowest BCUT2D eigenvalue weighted by Crippen LogP contribution is -2.38. The summed E-state index contributed by atoms with van der Waals surface area (Å²) >= 11 is 0. The Balaban J connectivity index is 2.53. The molecule has 0 unspecified atom stereocenters. The van der Waals surface area contributed by atoms with Gasteiger partial charge in [0, 0.05) is 17.8 Å². The Labute approximate surface area is 149 Å². The third-order valence-electron chi connectivity index (χ3n) is 3.04. The third-order valence-corrected chi connectivity index (χ3v) is 4.63. The zero-order valence-electron chi connectivity index (χ0n) is 13.1. The van der Waals surface area contributed by atoms with Crippen LogP contribution in [0.2, 0.25) is 0 Å². The molecule has 0 radical (unpaired) electrons. The number of hydrogen-bond donors (Lipinski definition) is 1. The lowest BCUT2D eigenvalue weighted by molar-refractivity contribution is -0.384. The molecule has 0 fully saturated rings. The zero-order valence-corrected chi connectivity index (χ0v) is 13.9. The molecule has 2 aromatic rings. The van der Waals surface area contributed by atoms with Gasteiger partial charge in [-0.25, -0.2) is 4.79 Å². The maximum atomic E-state index is 12.7. The van der Waals surface area contributed by atoms with Gasteiger partial charge in [-0.1, -0.05) is 10.5 Å². The van der Waals surface area contributed by atoms with Crippen molar-refractivity contribution in [1.82, 2.24) is 0 Å². The smallest absolute Gasteiger partial charge is 0.399 e. The minimum Gasteiger partial charge on any atom is -0.399 e. The number of rotatable bonds is 5. The van der Waals surface area contributed by atoms with Crippen LogP contribution in [0.4, 0.5) is 30.2 Å². The van der Waals surface area contributed by atoms with Crippen molar-refractivity contribution in [2.45, 2.75) is 11.1 Å². The molecule has 0 heterocycles. The van der Waals surface area contributed by atoms with E-state index in [4.69, 9.17) is 5.73 Å². The Hall–Kier alpha value is -3.35. The lowest BCUT2D eigenvalue weighted by atomic mass is 10.3. The Morgan fingerprint density at radius 1 is 1.15 bits per heavy atom. The van der Waals surface area contributed by atoms with Crippen LogP contribution in [-0.4, -0.2) is 25.5 Å². The van der Waals surface area contributed by atoms with Crippen LogP contribution >= 0.6 is 0 Å². The van der Waals surface area contributed by atoms with Gasteiger partial charge in [0.25, 0.3) is 15.7 Å². The summed E-state index contributed by atoms with van der Waals surface area (Å²) in [5, 5.41) is 10.6. The predicted molar refractivity (Wildman–Crippen MR) is 85.8 cm³/mol. The first-order valence-electron chi connectivity index (χ1n) is 6.87. The highest BCUT2D eigenvalue weighted by atomic mass is 32.2. The van der Waals surface area contributed by atoms with Crippen LogP contribution in [0.5, 0.6) is 0 Å². The number of alkyl halides is 3. The monoisotopic (exact) mass is 405 g/mol. The number of nitro benzene ring substituents is 1. The first kappa shape index (κ1) is 20.0. The molecule has 0 aliphatic carbocycles. The summed E-state index contributed by atoms with van der Waals surface area (Å²) in [5.74, 6) is -2.78. The summed E-state index contributed by atoms with van der Waals surface area (Å²) < 4.78 is 62.7.